The number of nitrogens with one attached hydrogen (secondary N) is 1. The quantitative estimate of drug-likeness (QED) is 0.493. The smallest absolute Gasteiger partial charge is 0.273 e. The largest absolute Gasteiger partial charge is 0.396 e. The third-order valence-corrected chi connectivity index (χ3v) is 4.83. The fourth-order valence-corrected chi connectivity index (χ4v) is 3.43. The first kappa shape index (κ1) is 18.1. The lowest BCUT2D eigenvalue weighted by atomic mass is 10.0. The highest BCUT2D eigenvalue weighted by molar-refractivity contribution is 6.28. The molecule has 3 aromatic rings. The summed E-state index contributed by atoms with van der Waals surface area (Å²) in [6.45, 7) is 0.956. The summed E-state index contributed by atoms with van der Waals surface area (Å²) < 4.78 is 2.08. The van der Waals surface area contributed by atoms with E-state index in [-0.39, 0.29) is 12.5 Å². The normalized spacial score (nSPS) is 15.2. The van der Waals surface area contributed by atoms with Gasteiger partial charge in [0, 0.05) is 42.9 Å². The molecule has 6 nitrogen and oxygen atoms in total. The Morgan fingerprint density at radius 3 is 2.79 bits per heavy atom. The molecule has 142 valence electrons. The van der Waals surface area contributed by atoms with Gasteiger partial charge in [-0.2, -0.15) is 5.10 Å². The number of nitrogens with zero attached hydrogens (tertiary/aromatic N) is 3. The Hall–Kier alpha value is -3.25. The van der Waals surface area contributed by atoms with Crippen molar-refractivity contribution in [3.8, 4) is 0 Å². The molecule has 0 radical (unpaired) electrons. The Balaban J connectivity index is 1.68. The van der Waals surface area contributed by atoms with Crippen molar-refractivity contribution in [3.63, 3.8) is 0 Å². The van der Waals surface area contributed by atoms with Crippen LogP contribution in [0.25, 0.3) is 17.1 Å². The van der Waals surface area contributed by atoms with Crippen LogP contribution in [0.4, 0.5) is 0 Å². The SMILES string of the molecule is O=C1NN=C(Cc2ccccc2)C1=Cc1cn(CCCCO)c2ncccc12. The summed E-state index contributed by atoms with van der Waals surface area (Å²) in [6, 6.07) is 13.9. The van der Waals surface area contributed by atoms with Gasteiger partial charge in [0.2, 0.25) is 0 Å². The second-order valence-corrected chi connectivity index (χ2v) is 6.80. The minimum atomic E-state index is -0.184. The molecule has 4 rings (SSSR count). The van der Waals surface area contributed by atoms with Gasteiger partial charge in [0.1, 0.15) is 5.65 Å². The average Bonchev–Trinajstić information content (AvgIpc) is 3.25. The van der Waals surface area contributed by atoms with E-state index < -0.39 is 0 Å². The average molecular weight is 374 g/mol. The summed E-state index contributed by atoms with van der Waals surface area (Å²) in [4.78, 5) is 16.9. The van der Waals surface area contributed by atoms with E-state index in [4.69, 9.17) is 5.11 Å². The highest BCUT2D eigenvalue weighted by atomic mass is 16.2. The molecule has 0 bridgehead atoms. The molecular weight excluding hydrogens is 352 g/mol. The number of pyridine rings is 1. The van der Waals surface area contributed by atoms with E-state index in [1.807, 2.05) is 54.7 Å². The van der Waals surface area contributed by atoms with Gasteiger partial charge >= 0.3 is 0 Å². The number of hydrogen-bond acceptors (Lipinski definition) is 4. The van der Waals surface area contributed by atoms with E-state index >= 15 is 0 Å². The molecule has 1 aliphatic rings. The predicted octanol–water partition coefficient (Wildman–Crippen LogP) is 2.92. The molecule has 3 heterocycles. The molecule has 0 saturated carbocycles. The van der Waals surface area contributed by atoms with Crippen molar-refractivity contribution in [1.29, 1.82) is 0 Å². The zero-order valence-corrected chi connectivity index (χ0v) is 15.5. The number of benzene rings is 1. The Morgan fingerprint density at radius 1 is 1.11 bits per heavy atom. The lowest BCUT2D eigenvalue weighted by Crippen LogP contribution is -2.13. The van der Waals surface area contributed by atoms with Crippen molar-refractivity contribution >= 4 is 28.7 Å². The first-order valence-corrected chi connectivity index (χ1v) is 9.44. The van der Waals surface area contributed by atoms with E-state index in [1.54, 1.807) is 6.20 Å². The minimum Gasteiger partial charge on any atom is -0.396 e. The Labute approximate surface area is 163 Å². The van der Waals surface area contributed by atoms with Crippen molar-refractivity contribution in [1.82, 2.24) is 15.0 Å². The van der Waals surface area contributed by atoms with Crippen LogP contribution >= 0.6 is 0 Å². The monoisotopic (exact) mass is 374 g/mol. The van der Waals surface area contributed by atoms with Crippen LogP contribution < -0.4 is 5.43 Å². The fourth-order valence-electron chi connectivity index (χ4n) is 3.43. The van der Waals surface area contributed by atoms with E-state index in [0.29, 0.717) is 12.0 Å². The van der Waals surface area contributed by atoms with Crippen LogP contribution in [0.1, 0.15) is 24.0 Å². The number of hydrogen-bond donors (Lipinski definition) is 2. The molecule has 1 aromatic carbocycles. The molecule has 0 fully saturated rings. The molecule has 0 spiro atoms. The van der Waals surface area contributed by atoms with Crippen molar-refractivity contribution in [2.75, 3.05) is 6.61 Å². The van der Waals surface area contributed by atoms with E-state index in [1.165, 1.54) is 0 Å². The number of aromatic nitrogens is 2. The lowest BCUT2D eigenvalue weighted by Gasteiger charge is -2.02. The summed E-state index contributed by atoms with van der Waals surface area (Å²) in [7, 11) is 0. The number of rotatable bonds is 7. The molecule has 0 aliphatic carbocycles. The van der Waals surface area contributed by atoms with E-state index in [0.717, 1.165) is 47.3 Å². The number of fused-ring (bicyclic) bond motifs is 1. The van der Waals surface area contributed by atoms with Gasteiger partial charge in [0.05, 0.1) is 11.3 Å². The highest BCUT2D eigenvalue weighted by Crippen LogP contribution is 2.24. The second-order valence-electron chi connectivity index (χ2n) is 6.80. The zero-order chi connectivity index (χ0) is 19.3. The number of amides is 1. The number of carbonyl (C=O) groups is 1. The predicted molar refractivity (Wildman–Crippen MR) is 110 cm³/mol. The molecule has 2 aromatic heterocycles. The van der Waals surface area contributed by atoms with Crippen molar-refractivity contribution in [2.45, 2.75) is 25.8 Å². The van der Waals surface area contributed by atoms with Gasteiger partial charge < -0.3 is 9.67 Å². The van der Waals surface area contributed by atoms with Gasteiger partial charge in [0.25, 0.3) is 5.91 Å². The second kappa shape index (κ2) is 8.19. The molecule has 6 heteroatoms. The van der Waals surface area contributed by atoms with Crippen LogP contribution in [-0.4, -0.2) is 32.9 Å². The first-order chi connectivity index (χ1) is 13.8. The molecule has 2 N–H and O–H groups in total. The van der Waals surface area contributed by atoms with Crippen LogP contribution in [-0.2, 0) is 17.8 Å². The van der Waals surface area contributed by atoms with Gasteiger partial charge in [-0.05, 0) is 36.6 Å². The maximum absolute atomic E-state index is 12.4. The molecule has 0 unspecified atom stereocenters. The fraction of sp³-hybridized carbons (Fsp3) is 0.227. The van der Waals surface area contributed by atoms with Crippen molar-refractivity contribution in [3.05, 3.63) is 71.6 Å². The van der Waals surface area contributed by atoms with E-state index in [2.05, 4.69) is 20.1 Å². The number of unbranched alkanes of at least 4 members (excludes halogenated alkanes) is 1. The summed E-state index contributed by atoms with van der Waals surface area (Å²) in [5.41, 5.74) is 6.84. The standard InChI is InChI=1S/C22H22N4O2/c27-12-5-4-11-26-15-17(18-9-6-10-23-21(18)26)14-19-20(24-25-22(19)28)13-16-7-2-1-3-8-16/h1-3,6-10,14-15,27H,4-5,11-13H2,(H,25,28). The van der Waals surface area contributed by atoms with Gasteiger partial charge in [-0.25, -0.2) is 10.4 Å². The number of carbonyl (C=O) groups excluding carboxylic acids is 1. The van der Waals surface area contributed by atoms with Gasteiger partial charge in [-0.15, -0.1) is 0 Å². The topological polar surface area (TPSA) is 79.5 Å². The molecule has 1 aliphatic heterocycles. The van der Waals surface area contributed by atoms with Crippen molar-refractivity contribution < 1.29 is 9.90 Å². The Morgan fingerprint density at radius 2 is 1.96 bits per heavy atom. The molecule has 28 heavy (non-hydrogen) atoms. The third kappa shape index (κ3) is 3.73. The van der Waals surface area contributed by atoms with Crippen LogP contribution in [0, 0.1) is 0 Å². The number of aliphatic hydroxyl groups is 1. The van der Waals surface area contributed by atoms with Crippen molar-refractivity contribution in [2.24, 2.45) is 5.10 Å². The summed E-state index contributed by atoms with van der Waals surface area (Å²) in [6.07, 6.45) is 7.91. The maximum atomic E-state index is 12.4. The van der Waals surface area contributed by atoms with Gasteiger partial charge in [0.15, 0.2) is 0 Å². The molecular formula is C22H22N4O2. The Kier molecular flexibility index (Phi) is 5.30. The third-order valence-electron chi connectivity index (χ3n) is 4.83. The van der Waals surface area contributed by atoms with Crippen LogP contribution in [0.3, 0.4) is 0 Å². The first-order valence-electron chi connectivity index (χ1n) is 9.44. The van der Waals surface area contributed by atoms with Gasteiger partial charge in [-0.1, -0.05) is 30.3 Å². The van der Waals surface area contributed by atoms with Crippen LogP contribution in [0.15, 0.2) is 65.5 Å². The van der Waals surface area contributed by atoms with E-state index in [9.17, 15) is 4.79 Å². The zero-order valence-electron chi connectivity index (χ0n) is 15.5. The molecule has 0 atom stereocenters. The van der Waals surface area contributed by atoms with Gasteiger partial charge in [-0.3, -0.25) is 4.79 Å². The minimum absolute atomic E-state index is 0.184. The summed E-state index contributed by atoms with van der Waals surface area (Å²) >= 11 is 0. The lowest BCUT2D eigenvalue weighted by molar-refractivity contribution is -0.116. The number of hydrazone groups is 1. The van der Waals surface area contributed by atoms with Crippen LogP contribution in [0.2, 0.25) is 0 Å². The summed E-state index contributed by atoms with van der Waals surface area (Å²) in [5.74, 6) is -0.184. The van der Waals surface area contributed by atoms with Crippen LogP contribution in [0.5, 0.6) is 0 Å². The highest BCUT2D eigenvalue weighted by Gasteiger charge is 2.23. The molecule has 0 saturated heterocycles. The summed E-state index contributed by atoms with van der Waals surface area (Å²) in [5, 5.41) is 14.3. The maximum Gasteiger partial charge on any atom is 0.273 e. The molecule has 1 amide bonds. The number of aryl methyl sites for hydroxylation is 1. The number of aliphatic hydroxyl groups excluding tert-OH is 1. The Bertz CT molecular complexity index is 1050.